The molecule has 0 radical (unpaired) electrons. The van der Waals surface area contributed by atoms with Gasteiger partial charge in [-0.2, -0.15) is 0 Å². The summed E-state index contributed by atoms with van der Waals surface area (Å²) in [5.41, 5.74) is 1.95. The Hall–Kier alpha value is -3.06. The number of carbonyl (C=O) groups excluding carboxylic acids is 2. The van der Waals surface area contributed by atoms with E-state index in [4.69, 9.17) is 0 Å². The Kier molecular flexibility index (Phi) is 5.63. The van der Waals surface area contributed by atoms with Gasteiger partial charge in [0.2, 0.25) is 5.91 Å². The van der Waals surface area contributed by atoms with Gasteiger partial charge in [-0.3, -0.25) is 14.6 Å². The van der Waals surface area contributed by atoms with Crippen LogP contribution in [0.5, 0.6) is 0 Å². The van der Waals surface area contributed by atoms with Crippen molar-refractivity contribution in [3.8, 4) is 10.4 Å². The van der Waals surface area contributed by atoms with Gasteiger partial charge in [0.1, 0.15) is 5.69 Å². The molecule has 6 nitrogen and oxygen atoms in total. The average molecular weight is 421 g/mol. The van der Waals surface area contributed by atoms with Crippen molar-refractivity contribution in [2.75, 3.05) is 27.2 Å². The van der Waals surface area contributed by atoms with Crippen molar-refractivity contribution in [1.29, 1.82) is 0 Å². The zero-order valence-electron chi connectivity index (χ0n) is 17.1. The SMILES string of the molecule is CN(C)C(=O)C1(Cc2ccc(-c3cccs3)cc2)CCN(C(=O)c2cnccn2)C1. The van der Waals surface area contributed by atoms with Crippen LogP contribution in [0.1, 0.15) is 22.5 Å². The Morgan fingerprint density at radius 2 is 1.97 bits per heavy atom. The van der Waals surface area contributed by atoms with E-state index in [-0.39, 0.29) is 11.8 Å². The van der Waals surface area contributed by atoms with Crippen LogP contribution in [0.15, 0.2) is 60.4 Å². The fourth-order valence-electron chi connectivity index (χ4n) is 4.11. The van der Waals surface area contributed by atoms with E-state index in [2.05, 4.69) is 45.7 Å². The number of amides is 2. The number of thiophene rings is 1. The molecule has 1 atom stereocenters. The Morgan fingerprint density at radius 3 is 2.60 bits per heavy atom. The van der Waals surface area contributed by atoms with Gasteiger partial charge in [-0.15, -0.1) is 11.3 Å². The first-order chi connectivity index (χ1) is 14.5. The summed E-state index contributed by atoms with van der Waals surface area (Å²) in [5.74, 6) is -0.121. The van der Waals surface area contributed by atoms with Crippen molar-refractivity contribution in [1.82, 2.24) is 19.8 Å². The summed E-state index contributed by atoms with van der Waals surface area (Å²) < 4.78 is 0. The lowest BCUT2D eigenvalue weighted by atomic mass is 9.79. The third-order valence-corrected chi connectivity index (χ3v) is 6.50. The number of hydrogen-bond donors (Lipinski definition) is 0. The molecule has 7 heteroatoms. The molecule has 1 saturated heterocycles. The first kappa shape index (κ1) is 20.2. The molecule has 2 aromatic heterocycles. The second-order valence-corrected chi connectivity index (χ2v) is 8.85. The van der Waals surface area contributed by atoms with Crippen molar-refractivity contribution in [2.24, 2.45) is 5.41 Å². The molecular weight excluding hydrogens is 396 g/mol. The number of nitrogens with zero attached hydrogens (tertiary/aromatic N) is 4. The number of likely N-dealkylation sites (tertiary alicyclic amines) is 1. The highest BCUT2D eigenvalue weighted by Crippen LogP contribution is 2.37. The maximum absolute atomic E-state index is 13.2. The largest absolute Gasteiger partial charge is 0.348 e. The van der Waals surface area contributed by atoms with Gasteiger partial charge in [-0.05, 0) is 35.4 Å². The van der Waals surface area contributed by atoms with Crippen LogP contribution in [0.4, 0.5) is 0 Å². The van der Waals surface area contributed by atoms with Crippen molar-refractivity contribution >= 4 is 23.2 Å². The molecule has 0 bridgehead atoms. The molecule has 0 spiro atoms. The minimum absolute atomic E-state index is 0.0549. The second-order valence-electron chi connectivity index (χ2n) is 7.90. The quantitative estimate of drug-likeness (QED) is 0.635. The molecular formula is C23H24N4O2S. The molecule has 1 fully saturated rings. The maximum atomic E-state index is 13.2. The van der Waals surface area contributed by atoms with Crippen molar-refractivity contribution in [3.05, 3.63) is 71.6 Å². The highest BCUT2D eigenvalue weighted by molar-refractivity contribution is 7.13. The van der Waals surface area contributed by atoms with E-state index in [0.717, 1.165) is 5.56 Å². The monoisotopic (exact) mass is 420 g/mol. The first-order valence-corrected chi connectivity index (χ1v) is 10.8. The summed E-state index contributed by atoms with van der Waals surface area (Å²) in [6.07, 6.45) is 5.75. The van der Waals surface area contributed by atoms with Crippen molar-refractivity contribution in [3.63, 3.8) is 0 Å². The zero-order valence-corrected chi connectivity index (χ0v) is 17.9. The summed E-state index contributed by atoms with van der Waals surface area (Å²) in [6.45, 7) is 0.911. The lowest BCUT2D eigenvalue weighted by Gasteiger charge is -2.31. The predicted molar refractivity (Wildman–Crippen MR) is 117 cm³/mol. The van der Waals surface area contributed by atoms with Crippen LogP contribution < -0.4 is 0 Å². The van der Waals surface area contributed by atoms with Crippen LogP contribution >= 0.6 is 11.3 Å². The van der Waals surface area contributed by atoms with Crippen LogP contribution in [-0.4, -0.2) is 58.8 Å². The Morgan fingerprint density at radius 1 is 1.17 bits per heavy atom. The third-order valence-electron chi connectivity index (χ3n) is 5.59. The predicted octanol–water partition coefficient (Wildman–Crippen LogP) is 3.37. The Balaban J connectivity index is 1.56. The summed E-state index contributed by atoms with van der Waals surface area (Å²) in [4.78, 5) is 38.7. The summed E-state index contributed by atoms with van der Waals surface area (Å²) in [7, 11) is 3.55. The van der Waals surface area contributed by atoms with Crippen molar-refractivity contribution in [2.45, 2.75) is 12.8 Å². The fraction of sp³-hybridized carbons (Fsp3) is 0.304. The number of rotatable bonds is 5. The van der Waals surface area contributed by atoms with Gasteiger partial charge in [-0.25, -0.2) is 4.98 Å². The van der Waals surface area contributed by atoms with Crippen LogP contribution in [0.3, 0.4) is 0 Å². The molecule has 1 aromatic carbocycles. The first-order valence-electron chi connectivity index (χ1n) is 9.88. The van der Waals surface area contributed by atoms with Gasteiger partial charge in [-0.1, -0.05) is 30.3 Å². The molecule has 2 amide bonds. The fourth-order valence-corrected chi connectivity index (χ4v) is 4.84. The second kappa shape index (κ2) is 8.36. The van der Waals surface area contributed by atoms with Crippen LogP contribution in [0.2, 0.25) is 0 Å². The summed E-state index contributed by atoms with van der Waals surface area (Å²) in [6, 6.07) is 12.5. The van der Waals surface area contributed by atoms with Crippen LogP contribution in [-0.2, 0) is 11.2 Å². The van der Waals surface area contributed by atoms with Gasteiger partial charge in [0.15, 0.2) is 0 Å². The number of hydrogen-bond acceptors (Lipinski definition) is 5. The van der Waals surface area contributed by atoms with E-state index in [0.29, 0.717) is 31.6 Å². The number of carbonyl (C=O) groups is 2. The molecule has 30 heavy (non-hydrogen) atoms. The highest BCUT2D eigenvalue weighted by atomic mass is 32.1. The molecule has 0 saturated carbocycles. The van der Waals surface area contributed by atoms with E-state index in [1.807, 2.05) is 6.07 Å². The number of aromatic nitrogens is 2. The molecule has 154 valence electrons. The van der Waals surface area contributed by atoms with Gasteiger partial charge < -0.3 is 9.80 Å². The minimum atomic E-state index is -0.633. The van der Waals surface area contributed by atoms with E-state index < -0.39 is 5.41 Å². The molecule has 3 aromatic rings. The topological polar surface area (TPSA) is 66.4 Å². The lowest BCUT2D eigenvalue weighted by Crippen LogP contribution is -2.44. The van der Waals surface area contributed by atoms with Gasteiger partial charge in [0.05, 0.1) is 11.6 Å². The molecule has 1 unspecified atom stereocenters. The van der Waals surface area contributed by atoms with Gasteiger partial charge in [0, 0.05) is 44.5 Å². The molecule has 1 aliphatic heterocycles. The molecule has 4 rings (SSSR count). The van der Waals surface area contributed by atoms with Crippen LogP contribution in [0, 0.1) is 5.41 Å². The Labute approximate surface area is 180 Å². The summed E-state index contributed by atoms with van der Waals surface area (Å²) >= 11 is 1.71. The normalized spacial score (nSPS) is 18.4. The van der Waals surface area contributed by atoms with Gasteiger partial charge >= 0.3 is 0 Å². The van der Waals surface area contributed by atoms with Gasteiger partial charge in [0.25, 0.3) is 5.91 Å². The minimum Gasteiger partial charge on any atom is -0.348 e. The Bertz CT molecular complexity index is 1020. The maximum Gasteiger partial charge on any atom is 0.274 e. The van der Waals surface area contributed by atoms with E-state index in [1.54, 1.807) is 41.4 Å². The summed E-state index contributed by atoms with van der Waals surface area (Å²) in [5, 5.41) is 2.06. The number of benzene rings is 1. The standard InChI is InChI=1S/C23H24N4O2S/c1-26(2)22(29)23(9-12-27(16-23)21(28)19-15-24-10-11-25-19)14-17-5-7-18(8-6-17)20-4-3-13-30-20/h3-8,10-11,13,15H,9,12,14,16H2,1-2H3. The zero-order chi connectivity index (χ0) is 21.1. The molecule has 1 aliphatic rings. The van der Waals surface area contributed by atoms with E-state index in [1.165, 1.54) is 22.8 Å². The van der Waals surface area contributed by atoms with E-state index in [9.17, 15) is 9.59 Å². The molecule has 0 N–H and O–H groups in total. The van der Waals surface area contributed by atoms with Crippen LogP contribution in [0.25, 0.3) is 10.4 Å². The molecule has 3 heterocycles. The van der Waals surface area contributed by atoms with Crippen molar-refractivity contribution < 1.29 is 9.59 Å². The average Bonchev–Trinajstić information content (AvgIpc) is 3.45. The van der Waals surface area contributed by atoms with E-state index >= 15 is 0 Å². The smallest absolute Gasteiger partial charge is 0.274 e. The highest BCUT2D eigenvalue weighted by Gasteiger charge is 2.47. The third kappa shape index (κ3) is 3.98. The molecule has 0 aliphatic carbocycles. The lowest BCUT2D eigenvalue weighted by molar-refractivity contribution is -0.138.